The number of benzene rings is 2. The van der Waals surface area contributed by atoms with Crippen LogP contribution in [-0.4, -0.2) is 50.3 Å². The number of rotatable bonds is 7. The molecule has 1 N–H and O–H groups in total. The van der Waals surface area contributed by atoms with Crippen molar-refractivity contribution in [3.05, 3.63) is 64.7 Å². The van der Waals surface area contributed by atoms with Gasteiger partial charge in [0, 0.05) is 24.7 Å². The van der Waals surface area contributed by atoms with Crippen LogP contribution < -0.4 is 10.1 Å². The molecule has 1 saturated heterocycles. The first-order valence-electron chi connectivity index (χ1n) is 9.16. The van der Waals surface area contributed by atoms with Crippen molar-refractivity contribution >= 4 is 17.5 Å². The summed E-state index contributed by atoms with van der Waals surface area (Å²) in [7, 11) is 0. The summed E-state index contributed by atoms with van der Waals surface area (Å²) in [5.41, 5.74) is 2.14. The first-order valence-corrected chi connectivity index (χ1v) is 9.53. The minimum Gasteiger partial charge on any atom is -0.484 e. The smallest absolute Gasteiger partial charge is 0.258 e. The van der Waals surface area contributed by atoms with Crippen LogP contribution in [0.5, 0.6) is 5.75 Å². The van der Waals surface area contributed by atoms with Gasteiger partial charge in [-0.3, -0.25) is 9.69 Å². The molecule has 0 aliphatic carbocycles. The highest BCUT2D eigenvalue weighted by atomic mass is 35.5. The van der Waals surface area contributed by atoms with E-state index in [-0.39, 0.29) is 18.6 Å². The van der Waals surface area contributed by atoms with Gasteiger partial charge in [-0.25, -0.2) is 0 Å². The molecule has 1 heterocycles. The first-order chi connectivity index (χ1) is 13.1. The maximum Gasteiger partial charge on any atom is 0.258 e. The largest absolute Gasteiger partial charge is 0.484 e. The Labute approximate surface area is 165 Å². The van der Waals surface area contributed by atoms with Gasteiger partial charge in [-0.05, 0) is 36.2 Å². The average molecular weight is 389 g/mol. The highest BCUT2D eigenvalue weighted by molar-refractivity contribution is 6.30. The van der Waals surface area contributed by atoms with Crippen molar-refractivity contribution in [3.8, 4) is 5.75 Å². The fraction of sp³-hybridized carbons (Fsp3) is 0.381. The predicted octanol–water partition coefficient (Wildman–Crippen LogP) is 3.22. The molecular weight excluding hydrogens is 364 g/mol. The fourth-order valence-corrected chi connectivity index (χ4v) is 3.28. The van der Waals surface area contributed by atoms with Gasteiger partial charge in [-0.2, -0.15) is 0 Å². The molecule has 1 atom stereocenters. The quantitative estimate of drug-likeness (QED) is 0.791. The highest BCUT2D eigenvalue weighted by Crippen LogP contribution is 2.23. The summed E-state index contributed by atoms with van der Waals surface area (Å²) < 4.78 is 11.1. The van der Waals surface area contributed by atoms with Gasteiger partial charge in [-0.15, -0.1) is 0 Å². The number of para-hydroxylation sites is 1. The van der Waals surface area contributed by atoms with E-state index in [0.29, 0.717) is 24.8 Å². The van der Waals surface area contributed by atoms with Gasteiger partial charge in [0.05, 0.1) is 19.3 Å². The van der Waals surface area contributed by atoms with Crippen LogP contribution in [0.1, 0.15) is 17.2 Å². The molecular formula is C21H25ClN2O3. The molecule has 0 spiro atoms. The Hall–Kier alpha value is -2.08. The van der Waals surface area contributed by atoms with Crippen LogP contribution in [0.4, 0.5) is 0 Å². The number of hydrogen-bond acceptors (Lipinski definition) is 4. The van der Waals surface area contributed by atoms with E-state index in [1.165, 1.54) is 0 Å². The summed E-state index contributed by atoms with van der Waals surface area (Å²) >= 11 is 6.02. The number of nitrogens with zero attached hydrogens (tertiary/aromatic N) is 1. The van der Waals surface area contributed by atoms with Crippen LogP contribution in [0.15, 0.2) is 48.5 Å². The van der Waals surface area contributed by atoms with Gasteiger partial charge in [0.15, 0.2) is 6.61 Å². The lowest BCUT2D eigenvalue weighted by Crippen LogP contribution is -2.44. The third-order valence-electron chi connectivity index (χ3n) is 4.69. The van der Waals surface area contributed by atoms with E-state index in [1.54, 1.807) is 0 Å². The van der Waals surface area contributed by atoms with E-state index >= 15 is 0 Å². The molecule has 6 heteroatoms. The third kappa shape index (κ3) is 5.70. The van der Waals surface area contributed by atoms with Crippen molar-refractivity contribution in [1.82, 2.24) is 10.2 Å². The molecule has 0 aromatic heterocycles. The van der Waals surface area contributed by atoms with Gasteiger partial charge in [0.1, 0.15) is 5.75 Å². The van der Waals surface area contributed by atoms with E-state index < -0.39 is 0 Å². The Morgan fingerprint density at radius 1 is 1.19 bits per heavy atom. The number of halogens is 1. The maximum absolute atomic E-state index is 12.3. The third-order valence-corrected chi connectivity index (χ3v) is 4.94. The molecule has 0 radical (unpaired) electrons. The molecule has 1 aliphatic rings. The summed E-state index contributed by atoms with van der Waals surface area (Å²) in [5, 5.41) is 3.71. The van der Waals surface area contributed by atoms with Gasteiger partial charge < -0.3 is 14.8 Å². The Kier molecular flexibility index (Phi) is 7.10. The lowest BCUT2D eigenvalue weighted by Gasteiger charge is -2.35. The van der Waals surface area contributed by atoms with Crippen LogP contribution >= 0.6 is 11.6 Å². The molecule has 1 aliphatic heterocycles. The Balaban J connectivity index is 1.59. The molecule has 0 unspecified atom stereocenters. The number of morpholine rings is 1. The van der Waals surface area contributed by atoms with Crippen LogP contribution in [0.25, 0.3) is 0 Å². The van der Waals surface area contributed by atoms with Gasteiger partial charge in [0.2, 0.25) is 0 Å². The zero-order chi connectivity index (χ0) is 19.1. The van der Waals surface area contributed by atoms with Gasteiger partial charge in [-0.1, -0.05) is 41.9 Å². The van der Waals surface area contributed by atoms with Crippen molar-refractivity contribution in [2.75, 3.05) is 39.5 Å². The topological polar surface area (TPSA) is 50.8 Å². The molecule has 1 fully saturated rings. The molecule has 144 valence electrons. The van der Waals surface area contributed by atoms with Crippen molar-refractivity contribution in [3.63, 3.8) is 0 Å². The monoisotopic (exact) mass is 388 g/mol. The summed E-state index contributed by atoms with van der Waals surface area (Å²) in [6.07, 6.45) is 0. The number of aryl methyl sites for hydroxylation is 1. The van der Waals surface area contributed by atoms with Crippen molar-refractivity contribution in [2.45, 2.75) is 13.0 Å². The molecule has 1 amide bonds. The van der Waals surface area contributed by atoms with E-state index in [1.807, 2.05) is 55.5 Å². The van der Waals surface area contributed by atoms with E-state index in [2.05, 4.69) is 10.2 Å². The molecule has 3 rings (SSSR count). The summed E-state index contributed by atoms with van der Waals surface area (Å²) in [6, 6.07) is 15.5. The van der Waals surface area contributed by atoms with Crippen molar-refractivity contribution < 1.29 is 14.3 Å². The predicted molar refractivity (Wildman–Crippen MR) is 106 cm³/mol. The van der Waals surface area contributed by atoms with Crippen LogP contribution in [0, 0.1) is 6.92 Å². The number of carbonyl (C=O) groups is 1. The molecule has 27 heavy (non-hydrogen) atoms. The normalized spacial score (nSPS) is 15.9. The number of carbonyl (C=O) groups excluding carboxylic acids is 1. The van der Waals surface area contributed by atoms with E-state index in [0.717, 1.165) is 30.0 Å². The lowest BCUT2D eigenvalue weighted by molar-refractivity contribution is -0.123. The maximum atomic E-state index is 12.3. The second-order valence-electron chi connectivity index (χ2n) is 6.57. The number of hydrogen-bond donors (Lipinski definition) is 1. The van der Waals surface area contributed by atoms with Crippen molar-refractivity contribution in [1.29, 1.82) is 0 Å². The molecule has 0 saturated carbocycles. The lowest BCUT2D eigenvalue weighted by atomic mass is 10.0. The van der Waals surface area contributed by atoms with E-state index in [4.69, 9.17) is 21.1 Å². The number of ether oxygens (including phenoxy) is 2. The van der Waals surface area contributed by atoms with Gasteiger partial charge in [0.25, 0.3) is 5.91 Å². The number of amides is 1. The first kappa shape index (κ1) is 19.7. The summed E-state index contributed by atoms with van der Waals surface area (Å²) in [5.74, 6) is 0.598. The van der Waals surface area contributed by atoms with E-state index in [9.17, 15) is 4.79 Å². The number of nitrogens with one attached hydrogen (secondary N) is 1. The second-order valence-corrected chi connectivity index (χ2v) is 7.01. The molecule has 0 bridgehead atoms. The standard InChI is InChI=1S/C21H25ClN2O3/c1-16-4-2-3-5-20(16)27-15-21(25)23-14-19(24-10-12-26-13-11-24)17-6-8-18(22)9-7-17/h2-9,19H,10-15H2,1H3,(H,23,25)/t19-/m0/s1. The minimum absolute atomic E-state index is 0.00129. The average Bonchev–Trinajstić information content (AvgIpc) is 2.69. The summed E-state index contributed by atoms with van der Waals surface area (Å²) in [4.78, 5) is 14.6. The highest BCUT2D eigenvalue weighted by Gasteiger charge is 2.23. The fourth-order valence-electron chi connectivity index (χ4n) is 3.16. The summed E-state index contributed by atoms with van der Waals surface area (Å²) in [6.45, 7) is 5.55. The van der Waals surface area contributed by atoms with Crippen LogP contribution in [0.2, 0.25) is 5.02 Å². The van der Waals surface area contributed by atoms with Crippen LogP contribution in [-0.2, 0) is 9.53 Å². The SMILES string of the molecule is Cc1ccccc1OCC(=O)NC[C@@H](c1ccc(Cl)cc1)N1CCOCC1. The van der Waals surface area contributed by atoms with Gasteiger partial charge >= 0.3 is 0 Å². The zero-order valence-corrected chi connectivity index (χ0v) is 16.2. The Bertz CT molecular complexity index is 745. The molecule has 2 aromatic rings. The second kappa shape index (κ2) is 9.74. The molecule has 5 nitrogen and oxygen atoms in total. The Morgan fingerprint density at radius 3 is 2.59 bits per heavy atom. The zero-order valence-electron chi connectivity index (χ0n) is 15.5. The Morgan fingerprint density at radius 2 is 1.89 bits per heavy atom. The molecule has 2 aromatic carbocycles. The van der Waals surface area contributed by atoms with Crippen molar-refractivity contribution in [2.24, 2.45) is 0 Å². The minimum atomic E-state index is -0.134. The van der Waals surface area contributed by atoms with Crippen LogP contribution in [0.3, 0.4) is 0 Å².